The van der Waals surface area contributed by atoms with Gasteiger partial charge in [-0.2, -0.15) is 0 Å². The zero-order valence-electron chi connectivity index (χ0n) is 10.5. The van der Waals surface area contributed by atoms with Crippen molar-refractivity contribution in [2.75, 3.05) is 0 Å². The molecule has 1 unspecified atom stereocenters. The normalized spacial score (nSPS) is 12.8. The van der Waals surface area contributed by atoms with Crippen LogP contribution in [-0.4, -0.2) is 13.2 Å². The van der Waals surface area contributed by atoms with Gasteiger partial charge in [-0.15, -0.1) is 5.54 Å². The van der Waals surface area contributed by atoms with E-state index in [4.69, 9.17) is 0 Å². The van der Waals surface area contributed by atoms with E-state index in [9.17, 15) is 5.11 Å². The Kier molecular flexibility index (Phi) is 4.34. The second kappa shape index (κ2) is 5.34. The first-order valence-corrected chi connectivity index (χ1v) is 8.92. The highest BCUT2D eigenvalue weighted by molar-refractivity contribution is 6.85. The summed E-state index contributed by atoms with van der Waals surface area (Å²) in [5.74, 6) is 2.98. The van der Waals surface area contributed by atoms with E-state index in [-0.39, 0.29) is 0 Å². The van der Waals surface area contributed by atoms with Crippen molar-refractivity contribution in [3.05, 3.63) is 35.4 Å². The minimum atomic E-state index is -1.41. The lowest BCUT2D eigenvalue weighted by Crippen LogP contribution is -2.21. The zero-order chi connectivity index (χ0) is 12.2. The summed E-state index contributed by atoms with van der Waals surface area (Å²) in [4.78, 5) is 0. The second-order valence-corrected chi connectivity index (χ2v) is 9.55. The molecule has 0 aliphatic rings. The number of hydrogen-bond donors (Lipinski definition) is 1. The van der Waals surface area contributed by atoms with E-state index >= 15 is 0 Å². The van der Waals surface area contributed by atoms with Crippen molar-refractivity contribution in [3.63, 3.8) is 0 Å². The first kappa shape index (κ1) is 13.0. The average molecular weight is 232 g/mol. The quantitative estimate of drug-likeness (QED) is 0.613. The minimum Gasteiger partial charge on any atom is -0.376 e. The van der Waals surface area contributed by atoms with Crippen LogP contribution in [0, 0.1) is 18.4 Å². The Morgan fingerprint density at radius 2 is 2.06 bits per heavy atom. The molecule has 0 saturated heterocycles. The van der Waals surface area contributed by atoms with Crippen LogP contribution in [-0.2, 0) is 0 Å². The Bertz CT molecular complexity index is 412. The third-order valence-electron chi connectivity index (χ3n) is 2.79. The van der Waals surface area contributed by atoms with Gasteiger partial charge in [0.25, 0.3) is 0 Å². The van der Waals surface area contributed by atoms with Gasteiger partial charge in [0.05, 0.1) is 0 Å². The number of hydrogen-bond acceptors (Lipinski definition) is 1. The Hall–Kier alpha value is -1.04. The third kappa shape index (κ3) is 3.84. The first-order valence-electron chi connectivity index (χ1n) is 5.72. The molecule has 0 bridgehead atoms. The molecule has 1 nitrogen and oxygen atoms in total. The van der Waals surface area contributed by atoms with E-state index in [1.807, 2.05) is 31.2 Å². The Morgan fingerprint density at radius 1 is 1.38 bits per heavy atom. The molecule has 0 heterocycles. The molecule has 1 N–H and O–H groups in total. The van der Waals surface area contributed by atoms with Crippen LogP contribution in [0.1, 0.15) is 24.2 Å². The highest BCUT2D eigenvalue weighted by Gasteiger charge is 2.14. The number of aliphatic hydroxyl groups excluding tert-OH is 1. The Morgan fingerprint density at radius 3 is 2.62 bits per heavy atom. The van der Waals surface area contributed by atoms with E-state index in [1.54, 1.807) is 0 Å². The number of rotatable bonds is 2. The van der Waals surface area contributed by atoms with E-state index in [0.717, 1.165) is 17.2 Å². The molecule has 86 valence electrons. The monoisotopic (exact) mass is 232 g/mol. The average Bonchev–Trinajstić information content (AvgIpc) is 2.26. The highest BCUT2D eigenvalue weighted by Crippen LogP contribution is 2.14. The molecule has 0 aliphatic heterocycles. The van der Waals surface area contributed by atoms with Crippen LogP contribution in [0.5, 0.6) is 0 Å². The molecule has 0 aromatic heterocycles. The Balaban J connectivity index is 2.84. The maximum atomic E-state index is 9.95. The van der Waals surface area contributed by atoms with Crippen molar-refractivity contribution in [2.45, 2.75) is 39.1 Å². The van der Waals surface area contributed by atoms with Crippen LogP contribution in [0.25, 0.3) is 0 Å². The van der Waals surface area contributed by atoms with Gasteiger partial charge in [-0.1, -0.05) is 55.8 Å². The van der Waals surface area contributed by atoms with Gasteiger partial charge in [0.2, 0.25) is 0 Å². The van der Waals surface area contributed by atoms with E-state index in [1.165, 1.54) is 0 Å². The maximum Gasteiger partial charge on any atom is 0.139 e. The van der Waals surface area contributed by atoms with Crippen molar-refractivity contribution < 1.29 is 5.11 Å². The number of aliphatic hydroxyl groups is 1. The lowest BCUT2D eigenvalue weighted by atomic mass is 10.1. The molecule has 0 fully saturated rings. The zero-order valence-corrected chi connectivity index (χ0v) is 11.5. The molecule has 1 aromatic carbocycles. The fraction of sp³-hybridized carbons (Fsp3) is 0.429. The molecular formula is C14H20OSi. The van der Waals surface area contributed by atoms with Crippen molar-refractivity contribution in [2.24, 2.45) is 0 Å². The van der Waals surface area contributed by atoms with Gasteiger partial charge in [-0.3, -0.25) is 0 Å². The van der Waals surface area contributed by atoms with Crippen LogP contribution < -0.4 is 0 Å². The molecule has 1 atom stereocenters. The van der Waals surface area contributed by atoms with Crippen molar-refractivity contribution >= 4 is 8.07 Å². The van der Waals surface area contributed by atoms with Gasteiger partial charge in [0.15, 0.2) is 0 Å². The van der Waals surface area contributed by atoms with Crippen LogP contribution in [0.3, 0.4) is 0 Å². The minimum absolute atomic E-state index is 0.641. The van der Waals surface area contributed by atoms with Crippen LogP contribution in [0.4, 0.5) is 0 Å². The fourth-order valence-electron chi connectivity index (χ4n) is 1.28. The molecule has 0 amide bonds. The molecule has 0 radical (unpaired) electrons. The maximum absolute atomic E-state index is 9.95. The summed E-state index contributed by atoms with van der Waals surface area (Å²) >= 11 is 0. The standard InChI is InChI=1S/C14H20OSi/c1-5-16(3,4)10-9-14(15)13-8-6-7-12(2)11-13/h6-8,11,14-15H,5H2,1-4H3. The van der Waals surface area contributed by atoms with Crippen molar-refractivity contribution in [3.8, 4) is 11.5 Å². The van der Waals surface area contributed by atoms with Crippen LogP contribution >= 0.6 is 0 Å². The summed E-state index contributed by atoms with van der Waals surface area (Å²) in [6.45, 7) is 8.64. The topological polar surface area (TPSA) is 20.2 Å². The van der Waals surface area contributed by atoms with Crippen LogP contribution in [0.2, 0.25) is 19.1 Å². The summed E-state index contributed by atoms with van der Waals surface area (Å²) in [5.41, 5.74) is 5.32. The smallest absolute Gasteiger partial charge is 0.139 e. The molecule has 0 aliphatic carbocycles. The summed E-state index contributed by atoms with van der Waals surface area (Å²) in [6.07, 6.45) is -0.641. The van der Waals surface area contributed by atoms with Gasteiger partial charge in [0.1, 0.15) is 14.2 Å². The van der Waals surface area contributed by atoms with Crippen molar-refractivity contribution in [1.82, 2.24) is 0 Å². The summed E-state index contributed by atoms with van der Waals surface area (Å²) < 4.78 is 0. The predicted octanol–water partition coefficient (Wildman–Crippen LogP) is 3.30. The molecule has 0 saturated carbocycles. The first-order chi connectivity index (χ1) is 7.44. The van der Waals surface area contributed by atoms with Gasteiger partial charge in [-0.05, 0) is 18.5 Å². The van der Waals surface area contributed by atoms with E-state index < -0.39 is 14.2 Å². The Labute approximate surface area is 99.5 Å². The second-order valence-electron chi connectivity index (χ2n) is 4.82. The van der Waals surface area contributed by atoms with Gasteiger partial charge in [-0.25, -0.2) is 0 Å². The molecule has 0 spiro atoms. The SMILES string of the molecule is CC[Si](C)(C)C#CC(O)c1cccc(C)c1. The molecule has 2 heteroatoms. The number of benzene rings is 1. The molecule has 16 heavy (non-hydrogen) atoms. The van der Waals surface area contributed by atoms with Gasteiger partial charge >= 0.3 is 0 Å². The molecule has 1 rings (SSSR count). The highest BCUT2D eigenvalue weighted by atomic mass is 28.3. The van der Waals surface area contributed by atoms with Gasteiger partial charge in [0, 0.05) is 0 Å². The van der Waals surface area contributed by atoms with E-state index in [2.05, 4.69) is 31.5 Å². The number of aryl methyl sites for hydroxylation is 1. The fourth-order valence-corrected chi connectivity index (χ4v) is 1.98. The van der Waals surface area contributed by atoms with Crippen LogP contribution in [0.15, 0.2) is 24.3 Å². The predicted molar refractivity (Wildman–Crippen MR) is 71.9 cm³/mol. The third-order valence-corrected chi connectivity index (χ3v) is 5.38. The molecular weight excluding hydrogens is 212 g/mol. The lowest BCUT2D eigenvalue weighted by Gasteiger charge is -2.11. The van der Waals surface area contributed by atoms with E-state index in [0.29, 0.717) is 0 Å². The lowest BCUT2D eigenvalue weighted by molar-refractivity contribution is 0.238. The van der Waals surface area contributed by atoms with Gasteiger partial charge < -0.3 is 5.11 Å². The summed E-state index contributed by atoms with van der Waals surface area (Å²) in [7, 11) is -1.41. The molecule has 1 aromatic rings. The summed E-state index contributed by atoms with van der Waals surface area (Å²) in [5, 5.41) is 9.95. The largest absolute Gasteiger partial charge is 0.376 e. The summed E-state index contributed by atoms with van der Waals surface area (Å²) in [6, 6.07) is 9.01. The van der Waals surface area contributed by atoms with Crippen molar-refractivity contribution in [1.29, 1.82) is 0 Å².